The van der Waals surface area contributed by atoms with E-state index >= 15 is 0 Å². The molecule has 1 saturated heterocycles. The lowest BCUT2D eigenvalue weighted by atomic mass is 10.2. The van der Waals surface area contributed by atoms with Crippen LogP contribution in [-0.4, -0.2) is 61.1 Å². The molecule has 160 valence electrons. The highest BCUT2D eigenvalue weighted by atomic mass is 32.1. The predicted octanol–water partition coefficient (Wildman–Crippen LogP) is 3.35. The minimum atomic E-state index is -0.165. The van der Waals surface area contributed by atoms with E-state index in [4.69, 9.17) is 4.74 Å². The van der Waals surface area contributed by atoms with Gasteiger partial charge in [-0.25, -0.2) is 4.98 Å². The number of carbonyl (C=O) groups excluding carboxylic acids is 1. The number of likely N-dealkylation sites (N-methyl/N-ethyl adjacent to an activating group) is 1. The zero-order chi connectivity index (χ0) is 21.4. The van der Waals surface area contributed by atoms with E-state index in [1.54, 1.807) is 13.3 Å². The molecule has 0 aliphatic carbocycles. The number of carbonyl (C=O) groups is 1. The van der Waals surface area contributed by atoms with Crippen LogP contribution in [0.2, 0.25) is 0 Å². The maximum Gasteiger partial charge on any atom is 0.268 e. The number of ether oxygens (including phenoxy) is 1. The van der Waals surface area contributed by atoms with E-state index in [-0.39, 0.29) is 5.91 Å². The van der Waals surface area contributed by atoms with Gasteiger partial charge < -0.3 is 30.5 Å². The Bertz CT molecular complexity index is 1120. The molecule has 31 heavy (non-hydrogen) atoms. The number of nitrogens with one attached hydrogen (secondary N) is 3. The number of aromatic nitrogens is 2. The van der Waals surface area contributed by atoms with Crippen molar-refractivity contribution in [2.75, 3.05) is 61.2 Å². The Morgan fingerprint density at radius 2 is 1.97 bits per heavy atom. The zero-order valence-corrected chi connectivity index (χ0v) is 18.1. The van der Waals surface area contributed by atoms with Crippen LogP contribution in [0.15, 0.2) is 35.8 Å². The Morgan fingerprint density at radius 1 is 1.13 bits per heavy atom. The molecule has 3 aromatic rings. The van der Waals surface area contributed by atoms with Gasteiger partial charge in [0.2, 0.25) is 5.95 Å². The van der Waals surface area contributed by atoms with Crippen LogP contribution in [0.25, 0.3) is 0 Å². The number of fused-ring (bicyclic) bond motifs is 2. The standard InChI is InChI=1S/C21H23N7O2S/c1-27-6-8-28(9-7-27)13-3-4-14(17(11-13)30-2)25-21-22-12-16-19(26-21)23-15-5-10-31-18(15)20(29)24-16/h3-5,10-12H,6-9H2,1-2H3,(H,24,29)(H2,22,23,25,26). The third-order valence-electron chi connectivity index (χ3n) is 5.46. The van der Waals surface area contributed by atoms with Crippen LogP contribution in [0.1, 0.15) is 9.67 Å². The van der Waals surface area contributed by atoms with Crippen LogP contribution in [0, 0.1) is 0 Å². The van der Waals surface area contributed by atoms with E-state index < -0.39 is 0 Å². The topological polar surface area (TPSA) is 94.7 Å². The van der Waals surface area contributed by atoms with Crippen molar-refractivity contribution in [3.8, 4) is 5.75 Å². The molecule has 1 amide bonds. The van der Waals surface area contributed by atoms with Crippen molar-refractivity contribution < 1.29 is 9.53 Å². The van der Waals surface area contributed by atoms with E-state index in [1.807, 2.05) is 23.6 Å². The largest absolute Gasteiger partial charge is 0.494 e. The molecule has 5 rings (SSSR count). The lowest BCUT2D eigenvalue weighted by Crippen LogP contribution is -2.44. The Kier molecular flexibility index (Phi) is 5.08. The maximum absolute atomic E-state index is 12.3. The summed E-state index contributed by atoms with van der Waals surface area (Å²) in [7, 11) is 3.80. The van der Waals surface area contributed by atoms with E-state index in [9.17, 15) is 4.79 Å². The highest BCUT2D eigenvalue weighted by Crippen LogP contribution is 2.35. The summed E-state index contributed by atoms with van der Waals surface area (Å²) >= 11 is 1.38. The van der Waals surface area contributed by atoms with Gasteiger partial charge in [-0.05, 0) is 30.6 Å². The third kappa shape index (κ3) is 3.87. The number of anilines is 6. The molecule has 10 heteroatoms. The number of amides is 1. The van der Waals surface area contributed by atoms with Gasteiger partial charge >= 0.3 is 0 Å². The van der Waals surface area contributed by atoms with Crippen molar-refractivity contribution >= 4 is 51.8 Å². The molecule has 2 aliphatic heterocycles. The fraction of sp³-hybridized carbons (Fsp3) is 0.286. The molecule has 0 atom stereocenters. The molecule has 1 aromatic carbocycles. The van der Waals surface area contributed by atoms with Gasteiger partial charge in [-0.15, -0.1) is 11.3 Å². The van der Waals surface area contributed by atoms with Gasteiger partial charge in [0.25, 0.3) is 5.91 Å². The fourth-order valence-electron chi connectivity index (χ4n) is 3.68. The van der Waals surface area contributed by atoms with Crippen molar-refractivity contribution in [3.05, 3.63) is 40.7 Å². The first-order valence-electron chi connectivity index (χ1n) is 10.0. The molecule has 0 radical (unpaired) electrons. The summed E-state index contributed by atoms with van der Waals surface area (Å²) in [6.07, 6.45) is 1.59. The van der Waals surface area contributed by atoms with Gasteiger partial charge in [0.05, 0.1) is 24.7 Å². The van der Waals surface area contributed by atoms with Gasteiger partial charge in [-0.1, -0.05) is 0 Å². The number of hydrogen-bond acceptors (Lipinski definition) is 9. The van der Waals surface area contributed by atoms with Crippen molar-refractivity contribution in [1.29, 1.82) is 0 Å². The highest BCUT2D eigenvalue weighted by molar-refractivity contribution is 7.12. The number of hydrogen-bond donors (Lipinski definition) is 3. The normalized spacial score (nSPS) is 15.9. The Balaban J connectivity index is 1.38. The first-order chi connectivity index (χ1) is 15.1. The monoisotopic (exact) mass is 437 g/mol. The summed E-state index contributed by atoms with van der Waals surface area (Å²) in [5.41, 5.74) is 3.18. The number of piperazine rings is 1. The van der Waals surface area contributed by atoms with Crippen LogP contribution >= 0.6 is 11.3 Å². The van der Waals surface area contributed by atoms with Gasteiger partial charge in [-0.2, -0.15) is 4.98 Å². The number of nitrogens with zero attached hydrogens (tertiary/aromatic N) is 4. The van der Waals surface area contributed by atoms with Gasteiger partial charge in [0.1, 0.15) is 16.3 Å². The summed E-state index contributed by atoms with van der Waals surface area (Å²) in [6.45, 7) is 4.06. The highest BCUT2D eigenvalue weighted by Gasteiger charge is 2.22. The molecule has 2 aromatic heterocycles. The molecule has 0 saturated carbocycles. The molecular formula is C21H23N7O2S. The first-order valence-corrected chi connectivity index (χ1v) is 10.9. The second-order valence-electron chi connectivity index (χ2n) is 7.50. The Hall–Kier alpha value is -3.37. The van der Waals surface area contributed by atoms with Gasteiger partial charge in [-0.3, -0.25) is 4.79 Å². The van der Waals surface area contributed by atoms with E-state index in [1.165, 1.54) is 11.3 Å². The number of rotatable bonds is 4. The van der Waals surface area contributed by atoms with Crippen molar-refractivity contribution in [3.63, 3.8) is 0 Å². The quantitative estimate of drug-likeness (QED) is 0.572. The molecule has 0 spiro atoms. The molecule has 1 fully saturated rings. The summed E-state index contributed by atoms with van der Waals surface area (Å²) in [6, 6.07) is 7.96. The number of benzene rings is 1. The van der Waals surface area contributed by atoms with Crippen LogP contribution < -0.4 is 25.6 Å². The Morgan fingerprint density at radius 3 is 2.77 bits per heavy atom. The molecule has 4 heterocycles. The van der Waals surface area contributed by atoms with Crippen LogP contribution in [0.4, 0.5) is 34.5 Å². The molecule has 0 unspecified atom stereocenters. The van der Waals surface area contributed by atoms with Crippen molar-refractivity contribution in [2.24, 2.45) is 0 Å². The van der Waals surface area contributed by atoms with Crippen LogP contribution in [-0.2, 0) is 0 Å². The van der Waals surface area contributed by atoms with Gasteiger partial charge in [0.15, 0.2) is 5.82 Å². The number of methoxy groups -OCH3 is 1. The second kappa shape index (κ2) is 8.05. The molecule has 9 nitrogen and oxygen atoms in total. The minimum absolute atomic E-state index is 0.165. The lowest BCUT2D eigenvalue weighted by Gasteiger charge is -2.34. The van der Waals surface area contributed by atoms with Gasteiger partial charge in [0, 0.05) is 37.9 Å². The lowest BCUT2D eigenvalue weighted by molar-refractivity contribution is 0.103. The average Bonchev–Trinajstić information content (AvgIpc) is 3.20. The van der Waals surface area contributed by atoms with Crippen molar-refractivity contribution in [1.82, 2.24) is 14.9 Å². The molecule has 0 bridgehead atoms. The molecule has 3 N–H and O–H groups in total. The average molecular weight is 438 g/mol. The summed E-state index contributed by atoms with van der Waals surface area (Å²) < 4.78 is 5.63. The SMILES string of the molecule is COc1cc(N2CCN(C)CC2)ccc1Nc1ncc2c(n1)Nc1ccsc1C(=O)N2. The zero-order valence-electron chi connectivity index (χ0n) is 17.3. The third-order valence-corrected chi connectivity index (χ3v) is 6.37. The first kappa shape index (κ1) is 19.6. The fourth-order valence-corrected chi connectivity index (χ4v) is 4.43. The predicted molar refractivity (Wildman–Crippen MR) is 124 cm³/mol. The maximum atomic E-state index is 12.3. The van der Waals surface area contributed by atoms with E-state index in [0.29, 0.717) is 22.3 Å². The van der Waals surface area contributed by atoms with E-state index in [0.717, 1.165) is 49.0 Å². The summed E-state index contributed by atoms with van der Waals surface area (Å²) in [4.78, 5) is 26.6. The number of thiophene rings is 1. The van der Waals surface area contributed by atoms with E-state index in [2.05, 4.69) is 48.8 Å². The minimum Gasteiger partial charge on any atom is -0.494 e. The smallest absolute Gasteiger partial charge is 0.268 e. The van der Waals surface area contributed by atoms with Crippen molar-refractivity contribution in [2.45, 2.75) is 0 Å². The second-order valence-corrected chi connectivity index (χ2v) is 8.41. The van der Waals surface area contributed by atoms with Crippen LogP contribution in [0.3, 0.4) is 0 Å². The molecular weight excluding hydrogens is 414 g/mol. The summed E-state index contributed by atoms with van der Waals surface area (Å²) in [5.74, 6) is 1.50. The Labute approximate surface area is 184 Å². The summed E-state index contributed by atoms with van der Waals surface area (Å²) in [5, 5.41) is 11.2. The molecule has 2 aliphatic rings. The van der Waals surface area contributed by atoms with Crippen LogP contribution in [0.5, 0.6) is 5.75 Å².